The van der Waals surface area contributed by atoms with E-state index in [4.69, 9.17) is 14.2 Å². The van der Waals surface area contributed by atoms with Gasteiger partial charge in [-0.25, -0.2) is 14.0 Å². The number of hydrogen-bond donors (Lipinski definition) is 1. The molecule has 0 saturated carbocycles. The zero-order valence-electron chi connectivity index (χ0n) is 15.4. The summed E-state index contributed by atoms with van der Waals surface area (Å²) < 4.78 is 28.7. The van der Waals surface area contributed by atoms with E-state index in [0.29, 0.717) is 5.75 Å². The van der Waals surface area contributed by atoms with Crippen LogP contribution in [0.3, 0.4) is 0 Å². The van der Waals surface area contributed by atoms with E-state index in [0.717, 1.165) is 9.13 Å². The molecule has 0 aliphatic rings. The summed E-state index contributed by atoms with van der Waals surface area (Å²) in [6, 6.07) is 4.34. The van der Waals surface area contributed by atoms with Crippen LogP contribution in [0, 0.1) is 3.57 Å². The van der Waals surface area contributed by atoms with Gasteiger partial charge < -0.3 is 19.5 Å². The first-order valence-corrected chi connectivity index (χ1v) is 9.37. The summed E-state index contributed by atoms with van der Waals surface area (Å²) in [6.07, 6.45) is -0.501. The van der Waals surface area contributed by atoms with Gasteiger partial charge >= 0.3 is 12.1 Å². The smallest absolute Gasteiger partial charge is 0.408 e. The monoisotopic (exact) mass is 481 g/mol. The summed E-state index contributed by atoms with van der Waals surface area (Å²) in [7, 11) is 0. The normalized spacial score (nSPS) is 12.2. The highest BCUT2D eigenvalue weighted by Gasteiger charge is 2.26. The average molecular weight is 481 g/mol. The number of amides is 1. The summed E-state index contributed by atoms with van der Waals surface area (Å²) in [4.78, 5) is 24.3. The van der Waals surface area contributed by atoms with Crippen LogP contribution < -0.4 is 10.1 Å². The van der Waals surface area contributed by atoms with Gasteiger partial charge in [0.2, 0.25) is 0 Å². The topological polar surface area (TPSA) is 73.9 Å². The number of esters is 1. The number of carbonyl (C=O) groups is 2. The number of benzene rings is 1. The van der Waals surface area contributed by atoms with Crippen LogP contribution in [0.25, 0.3) is 0 Å². The quantitative estimate of drug-likeness (QED) is 0.454. The first-order valence-electron chi connectivity index (χ1n) is 8.29. The maximum absolute atomic E-state index is 12.3. The Morgan fingerprint density at radius 2 is 2.00 bits per heavy atom. The van der Waals surface area contributed by atoms with Crippen LogP contribution in [0.15, 0.2) is 18.2 Å². The lowest BCUT2D eigenvalue weighted by molar-refractivity contribution is -0.145. The predicted octanol–water partition coefficient (Wildman–Crippen LogP) is 3.64. The second-order valence-corrected chi connectivity index (χ2v) is 7.61. The molecule has 0 aliphatic carbocycles. The van der Waals surface area contributed by atoms with Gasteiger partial charge in [0.25, 0.3) is 0 Å². The fourth-order valence-electron chi connectivity index (χ4n) is 2.06. The Morgan fingerprint density at radius 1 is 1.31 bits per heavy atom. The third-order valence-corrected chi connectivity index (χ3v) is 4.10. The van der Waals surface area contributed by atoms with Crippen LogP contribution in [0.1, 0.15) is 33.3 Å². The maximum atomic E-state index is 12.3. The number of halogens is 2. The fourth-order valence-corrected chi connectivity index (χ4v) is 2.62. The summed E-state index contributed by atoms with van der Waals surface area (Å²) in [5.41, 5.74) is 0.0914. The molecule has 1 unspecified atom stereocenters. The standard InChI is InChI=1S/C18H25FINO5/c1-5-24-16(22)15(21-17(23)26-18(2,3)4)11-12-10-13(25-9-8-19)6-7-14(12)20/h6-7,10,15H,5,8-9,11H2,1-4H3,(H,21,23). The Bertz CT molecular complexity index is 618. The van der Waals surface area contributed by atoms with E-state index in [1.54, 1.807) is 45.9 Å². The molecule has 0 radical (unpaired) electrons. The number of ether oxygens (including phenoxy) is 3. The molecule has 1 atom stereocenters. The van der Waals surface area contributed by atoms with Gasteiger partial charge in [0, 0.05) is 9.99 Å². The first kappa shape index (κ1) is 22.5. The maximum Gasteiger partial charge on any atom is 0.408 e. The Balaban J connectivity index is 2.94. The van der Waals surface area contributed by atoms with Gasteiger partial charge in [-0.1, -0.05) is 0 Å². The predicted molar refractivity (Wildman–Crippen MR) is 104 cm³/mol. The van der Waals surface area contributed by atoms with Gasteiger partial charge in [-0.15, -0.1) is 0 Å². The van der Waals surface area contributed by atoms with Gasteiger partial charge in [0.15, 0.2) is 0 Å². The zero-order valence-corrected chi connectivity index (χ0v) is 17.6. The average Bonchev–Trinajstić information content (AvgIpc) is 2.53. The zero-order chi connectivity index (χ0) is 19.7. The van der Waals surface area contributed by atoms with Crippen LogP contribution in [-0.4, -0.2) is 43.6 Å². The minimum Gasteiger partial charge on any atom is -0.491 e. The minimum absolute atomic E-state index is 0.0442. The van der Waals surface area contributed by atoms with Crippen LogP contribution >= 0.6 is 22.6 Å². The molecule has 26 heavy (non-hydrogen) atoms. The van der Waals surface area contributed by atoms with E-state index in [2.05, 4.69) is 27.9 Å². The van der Waals surface area contributed by atoms with Crippen molar-refractivity contribution in [2.75, 3.05) is 19.9 Å². The molecular formula is C18H25FINO5. The van der Waals surface area contributed by atoms with Crippen LogP contribution in [0.2, 0.25) is 0 Å². The third-order valence-electron chi connectivity index (χ3n) is 3.05. The van der Waals surface area contributed by atoms with E-state index >= 15 is 0 Å². The summed E-state index contributed by atoms with van der Waals surface area (Å²) in [5.74, 6) is -0.0535. The molecule has 146 valence electrons. The first-order chi connectivity index (χ1) is 12.2. The number of nitrogens with one attached hydrogen (secondary N) is 1. The van der Waals surface area contributed by atoms with Gasteiger partial charge in [-0.05, 0) is 74.0 Å². The van der Waals surface area contributed by atoms with E-state index in [-0.39, 0.29) is 19.6 Å². The largest absolute Gasteiger partial charge is 0.491 e. The number of hydrogen-bond acceptors (Lipinski definition) is 5. The second-order valence-electron chi connectivity index (χ2n) is 6.45. The van der Waals surface area contributed by atoms with Crippen molar-refractivity contribution in [3.8, 4) is 5.75 Å². The number of alkyl halides is 1. The Hall–Kier alpha value is -1.58. The van der Waals surface area contributed by atoms with Gasteiger partial charge in [-0.3, -0.25) is 0 Å². The van der Waals surface area contributed by atoms with Gasteiger partial charge in [0.05, 0.1) is 6.61 Å². The highest BCUT2D eigenvalue weighted by atomic mass is 127. The van der Waals surface area contributed by atoms with E-state index in [9.17, 15) is 14.0 Å². The van der Waals surface area contributed by atoms with Crippen molar-refractivity contribution in [2.24, 2.45) is 0 Å². The third kappa shape index (κ3) is 8.20. The van der Waals surface area contributed by atoms with Crippen LogP contribution in [-0.2, 0) is 20.7 Å². The van der Waals surface area contributed by atoms with Crippen molar-refractivity contribution in [2.45, 2.75) is 45.8 Å². The molecule has 1 rings (SSSR count). The SMILES string of the molecule is CCOC(=O)C(Cc1cc(OCCF)ccc1I)NC(=O)OC(C)(C)C. The Kier molecular flexibility index (Phi) is 9.11. The molecule has 8 heteroatoms. The highest BCUT2D eigenvalue weighted by molar-refractivity contribution is 14.1. The lowest BCUT2D eigenvalue weighted by Crippen LogP contribution is -2.45. The Labute approximate surface area is 166 Å². The number of alkyl carbamates (subject to hydrolysis) is 1. The molecule has 0 spiro atoms. The molecular weight excluding hydrogens is 456 g/mol. The molecule has 0 saturated heterocycles. The van der Waals surface area contributed by atoms with Crippen molar-refractivity contribution in [1.82, 2.24) is 5.32 Å². The molecule has 1 aromatic carbocycles. The molecule has 1 N–H and O–H groups in total. The molecule has 0 aliphatic heterocycles. The number of carbonyl (C=O) groups excluding carboxylic acids is 2. The van der Waals surface area contributed by atoms with Crippen LogP contribution in [0.5, 0.6) is 5.75 Å². The van der Waals surface area contributed by atoms with Crippen molar-refractivity contribution in [1.29, 1.82) is 0 Å². The van der Waals surface area contributed by atoms with E-state index < -0.39 is 30.4 Å². The summed E-state index contributed by atoms with van der Waals surface area (Å²) >= 11 is 2.12. The molecule has 1 amide bonds. The van der Waals surface area contributed by atoms with Gasteiger partial charge in [0.1, 0.15) is 30.7 Å². The van der Waals surface area contributed by atoms with Crippen molar-refractivity contribution < 1.29 is 28.2 Å². The van der Waals surface area contributed by atoms with Crippen LogP contribution in [0.4, 0.5) is 9.18 Å². The minimum atomic E-state index is -0.908. The molecule has 0 bridgehead atoms. The molecule has 1 aromatic rings. The van der Waals surface area contributed by atoms with E-state index in [1.807, 2.05) is 0 Å². The summed E-state index contributed by atoms with van der Waals surface area (Å²) in [5, 5.41) is 2.56. The molecule has 0 heterocycles. The number of rotatable bonds is 8. The van der Waals surface area contributed by atoms with Crippen molar-refractivity contribution in [3.05, 3.63) is 27.3 Å². The Morgan fingerprint density at radius 3 is 2.58 bits per heavy atom. The fraction of sp³-hybridized carbons (Fsp3) is 0.556. The summed E-state index contributed by atoms with van der Waals surface area (Å²) in [6.45, 7) is 6.46. The van der Waals surface area contributed by atoms with E-state index in [1.165, 1.54) is 0 Å². The van der Waals surface area contributed by atoms with Gasteiger partial charge in [-0.2, -0.15) is 0 Å². The molecule has 6 nitrogen and oxygen atoms in total. The lowest BCUT2D eigenvalue weighted by Gasteiger charge is -2.23. The highest BCUT2D eigenvalue weighted by Crippen LogP contribution is 2.21. The van der Waals surface area contributed by atoms with Crippen molar-refractivity contribution in [3.63, 3.8) is 0 Å². The molecule has 0 fully saturated rings. The van der Waals surface area contributed by atoms with Crippen molar-refractivity contribution >= 4 is 34.7 Å². The lowest BCUT2D eigenvalue weighted by atomic mass is 10.1. The second kappa shape index (κ2) is 10.5. The molecule has 0 aromatic heterocycles.